The van der Waals surface area contributed by atoms with E-state index in [1.54, 1.807) is 18.2 Å². The molecule has 1 fully saturated rings. The van der Waals surface area contributed by atoms with Gasteiger partial charge in [-0.2, -0.15) is 0 Å². The molecule has 0 radical (unpaired) electrons. The molecule has 1 atom stereocenters. The molecule has 7 nitrogen and oxygen atoms in total. The molecule has 1 aliphatic rings. The highest BCUT2D eigenvalue weighted by molar-refractivity contribution is 7.93. The lowest BCUT2D eigenvalue weighted by Gasteiger charge is -2.32. The normalized spacial score (nSPS) is 18.1. The van der Waals surface area contributed by atoms with Crippen molar-refractivity contribution in [1.29, 1.82) is 0 Å². The highest BCUT2D eigenvalue weighted by atomic mass is 32.2. The maximum atomic E-state index is 12.6. The Balaban J connectivity index is 1.88. The topological polar surface area (TPSA) is 101 Å². The Morgan fingerprint density at radius 3 is 2.56 bits per heavy atom. The van der Waals surface area contributed by atoms with Gasteiger partial charge in [-0.25, -0.2) is 13.2 Å². The lowest BCUT2D eigenvalue weighted by molar-refractivity contribution is -0.147. The monoisotopic (exact) mass is 381 g/mol. The second kappa shape index (κ2) is 6.95. The van der Waals surface area contributed by atoms with Crippen LogP contribution >= 0.6 is 11.3 Å². The number of aliphatic carboxylic acids is 1. The van der Waals surface area contributed by atoms with Crippen LogP contribution in [0.3, 0.4) is 0 Å². The van der Waals surface area contributed by atoms with Crippen LogP contribution < -0.4 is 0 Å². The molecule has 132 valence electrons. The van der Waals surface area contributed by atoms with Crippen LogP contribution in [0.15, 0.2) is 51.6 Å². The van der Waals surface area contributed by atoms with E-state index in [0.29, 0.717) is 0 Å². The second-order valence-electron chi connectivity index (χ2n) is 5.36. The zero-order chi connectivity index (χ0) is 18.0. The average molecular weight is 381 g/mol. The van der Waals surface area contributed by atoms with E-state index in [1.807, 2.05) is 0 Å². The van der Waals surface area contributed by atoms with E-state index >= 15 is 0 Å². The molecule has 1 saturated heterocycles. The van der Waals surface area contributed by atoms with Crippen LogP contribution in [0.1, 0.15) is 9.67 Å². The molecule has 0 bridgehead atoms. The standard InChI is InChI=1S/C16H15NO6S2/c18-15(17-8-9-23-10-12(17)16(19)20)13-6-7-14(24-13)25(21,22)11-4-2-1-3-5-11/h1-7,12H,8-10H2,(H,19,20). The van der Waals surface area contributed by atoms with Gasteiger partial charge in [-0.15, -0.1) is 11.3 Å². The number of benzene rings is 1. The quantitative estimate of drug-likeness (QED) is 0.861. The zero-order valence-electron chi connectivity index (χ0n) is 13.0. The van der Waals surface area contributed by atoms with Crippen LogP contribution in [-0.2, 0) is 19.4 Å². The lowest BCUT2D eigenvalue weighted by atomic mass is 10.2. The van der Waals surface area contributed by atoms with E-state index in [9.17, 15) is 23.1 Å². The molecule has 3 rings (SSSR count). The molecule has 2 aromatic rings. The number of hydrogen-bond acceptors (Lipinski definition) is 6. The number of carbonyl (C=O) groups excluding carboxylic acids is 1. The molecule has 2 heterocycles. The lowest BCUT2D eigenvalue weighted by Crippen LogP contribution is -2.52. The molecule has 0 saturated carbocycles. The predicted molar refractivity (Wildman–Crippen MR) is 89.5 cm³/mol. The first-order valence-corrected chi connectivity index (χ1v) is 9.73. The van der Waals surface area contributed by atoms with Crippen LogP contribution in [0.25, 0.3) is 0 Å². The van der Waals surface area contributed by atoms with Crippen molar-refractivity contribution in [3.8, 4) is 0 Å². The maximum Gasteiger partial charge on any atom is 0.328 e. The Labute approximate surface area is 148 Å². The molecular weight excluding hydrogens is 366 g/mol. The van der Waals surface area contributed by atoms with Gasteiger partial charge < -0.3 is 14.7 Å². The van der Waals surface area contributed by atoms with E-state index in [2.05, 4.69) is 0 Å². The van der Waals surface area contributed by atoms with Crippen molar-refractivity contribution in [3.05, 3.63) is 47.3 Å². The minimum Gasteiger partial charge on any atom is -0.480 e. The molecule has 1 amide bonds. The van der Waals surface area contributed by atoms with E-state index in [1.165, 1.54) is 29.2 Å². The fraction of sp³-hybridized carbons (Fsp3) is 0.250. The highest BCUT2D eigenvalue weighted by Crippen LogP contribution is 2.29. The average Bonchev–Trinajstić information content (AvgIpc) is 3.13. The van der Waals surface area contributed by atoms with Crippen molar-refractivity contribution in [2.24, 2.45) is 0 Å². The summed E-state index contributed by atoms with van der Waals surface area (Å²) < 4.78 is 30.3. The summed E-state index contributed by atoms with van der Waals surface area (Å²) >= 11 is 0.837. The van der Waals surface area contributed by atoms with Crippen LogP contribution in [-0.4, -0.2) is 56.1 Å². The summed E-state index contributed by atoms with van der Waals surface area (Å²) in [4.78, 5) is 25.4. The zero-order valence-corrected chi connectivity index (χ0v) is 14.6. The molecular formula is C16H15NO6S2. The summed E-state index contributed by atoms with van der Waals surface area (Å²) in [6, 6.07) is 9.64. The Hall–Kier alpha value is -2.23. The number of thiophene rings is 1. The van der Waals surface area contributed by atoms with E-state index < -0.39 is 27.8 Å². The number of morpholine rings is 1. The van der Waals surface area contributed by atoms with Gasteiger partial charge in [0.2, 0.25) is 9.84 Å². The van der Waals surface area contributed by atoms with E-state index in [-0.39, 0.29) is 33.7 Å². The predicted octanol–water partition coefficient (Wildman–Crippen LogP) is 1.51. The number of amides is 1. The molecule has 1 unspecified atom stereocenters. The van der Waals surface area contributed by atoms with Crippen LogP contribution in [0.5, 0.6) is 0 Å². The van der Waals surface area contributed by atoms with Crippen molar-refractivity contribution >= 4 is 33.1 Å². The number of ether oxygens (including phenoxy) is 1. The first kappa shape index (κ1) is 17.6. The van der Waals surface area contributed by atoms with Crippen LogP contribution in [0, 0.1) is 0 Å². The van der Waals surface area contributed by atoms with Crippen molar-refractivity contribution in [2.45, 2.75) is 15.1 Å². The number of sulfone groups is 1. The van der Waals surface area contributed by atoms with Gasteiger partial charge in [0, 0.05) is 6.54 Å². The fourth-order valence-corrected chi connectivity index (χ4v) is 5.17. The smallest absolute Gasteiger partial charge is 0.328 e. The second-order valence-corrected chi connectivity index (χ2v) is 8.62. The third-order valence-electron chi connectivity index (χ3n) is 3.78. The SMILES string of the molecule is O=C(O)C1COCCN1C(=O)c1ccc(S(=O)(=O)c2ccccc2)s1. The van der Waals surface area contributed by atoms with Crippen LogP contribution in [0.4, 0.5) is 0 Å². The van der Waals surface area contributed by atoms with Gasteiger partial charge in [-0.3, -0.25) is 4.79 Å². The van der Waals surface area contributed by atoms with Crippen molar-refractivity contribution in [2.75, 3.05) is 19.8 Å². The number of nitrogens with zero attached hydrogens (tertiary/aromatic N) is 1. The Bertz CT molecular complexity index is 890. The molecule has 0 spiro atoms. The van der Waals surface area contributed by atoms with Gasteiger partial charge in [-0.1, -0.05) is 18.2 Å². The minimum absolute atomic E-state index is 0.0437. The summed E-state index contributed by atoms with van der Waals surface area (Å²) in [5, 5.41) is 9.22. The molecule has 1 aromatic heterocycles. The number of carboxylic acid groups (broad SMARTS) is 1. The number of rotatable bonds is 4. The number of carboxylic acids is 1. The summed E-state index contributed by atoms with van der Waals surface area (Å²) in [5.41, 5.74) is 0. The van der Waals surface area contributed by atoms with Gasteiger partial charge in [0.1, 0.15) is 4.21 Å². The van der Waals surface area contributed by atoms with Gasteiger partial charge in [-0.05, 0) is 24.3 Å². The molecule has 1 N–H and O–H groups in total. The third-order valence-corrected chi connectivity index (χ3v) is 7.12. The van der Waals surface area contributed by atoms with Crippen molar-refractivity contribution in [3.63, 3.8) is 0 Å². The summed E-state index contributed by atoms with van der Waals surface area (Å²) in [7, 11) is -3.71. The van der Waals surface area contributed by atoms with Crippen molar-refractivity contribution in [1.82, 2.24) is 4.90 Å². The van der Waals surface area contributed by atoms with Gasteiger partial charge in [0.05, 0.1) is 23.0 Å². The van der Waals surface area contributed by atoms with Gasteiger partial charge in [0.25, 0.3) is 5.91 Å². The molecule has 0 aliphatic carbocycles. The van der Waals surface area contributed by atoms with Gasteiger partial charge >= 0.3 is 5.97 Å². The fourth-order valence-electron chi connectivity index (χ4n) is 2.49. The Kier molecular flexibility index (Phi) is 4.89. The highest BCUT2D eigenvalue weighted by Gasteiger charge is 2.34. The number of hydrogen-bond donors (Lipinski definition) is 1. The summed E-state index contributed by atoms with van der Waals surface area (Å²) in [6.07, 6.45) is 0. The third kappa shape index (κ3) is 3.44. The summed E-state index contributed by atoms with van der Waals surface area (Å²) in [5.74, 6) is -1.66. The molecule has 1 aromatic carbocycles. The summed E-state index contributed by atoms with van der Waals surface area (Å²) in [6.45, 7) is 0.312. The van der Waals surface area contributed by atoms with E-state index in [0.717, 1.165) is 11.3 Å². The minimum atomic E-state index is -3.71. The first-order valence-electron chi connectivity index (χ1n) is 7.43. The number of carbonyl (C=O) groups is 2. The van der Waals surface area contributed by atoms with Crippen LogP contribution in [0.2, 0.25) is 0 Å². The first-order chi connectivity index (χ1) is 11.9. The molecule has 1 aliphatic heterocycles. The Morgan fingerprint density at radius 1 is 1.16 bits per heavy atom. The largest absolute Gasteiger partial charge is 0.480 e. The van der Waals surface area contributed by atoms with E-state index in [4.69, 9.17) is 4.74 Å². The van der Waals surface area contributed by atoms with Gasteiger partial charge in [0.15, 0.2) is 6.04 Å². The Morgan fingerprint density at radius 2 is 1.88 bits per heavy atom. The maximum absolute atomic E-state index is 12.6. The molecule has 9 heteroatoms. The molecule has 25 heavy (non-hydrogen) atoms. The van der Waals surface area contributed by atoms with Crippen molar-refractivity contribution < 1.29 is 27.9 Å².